The van der Waals surface area contributed by atoms with Gasteiger partial charge in [-0.1, -0.05) is 32.9 Å². The Kier molecular flexibility index (Phi) is 9.22. The van der Waals surface area contributed by atoms with E-state index in [1.165, 1.54) is 0 Å². The van der Waals surface area contributed by atoms with E-state index in [0.29, 0.717) is 37.5 Å². The summed E-state index contributed by atoms with van der Waals surface area (Å²) >= 11 is 0. The van der Waals surface area contributed by atoms with Gasteiger partial charge in [-0.2, -0.15) is 0 Å². The van der Waals surface area contributed by atoms with E-state index < -0.39 is 5.41 Å². The van der Waals surface area contributed by atoms with Crippen molar-refractivity contribution in [2.75, 3.05) is 31.6 Å². The smallest absolute Gasteiger partial charge is 0.255 e. The summed E-state index contributed by atoms with van der Waals surface area (Å²) in [6.07, 6.45) is 2.71. The van der Waals surface area contributed by atoms with Crippen LogP contribution in [0.1, 0.15) is 50.4 Å². The molecule has 0 aliphatic carbocycles. The molecular weight excluding hydrogens is 366 g/mol. The lowest BCUT2D eigenvalue weighted by Crippen LogP contribution is -2.41. The van der Waals surface area contributed by atoms with Gasteiger partial charge in [0.1, 0.15) is 0 Å². The second-order valence-electron chi connectivity index (χ2n) is 7.75. The van der Waals surface area contributed by atoms with Crippen molar-refractivity contribution < 1.29 is 14.3 Å². The molecular formula is C20H32ClN3O3. The molecule has 3 N–H and O–H groups in total. The second kappa shape index (κ2) is 10.6. The number of carbonyl (C=O) groups is 2. The molecule has 2 amide bonds. The molecule has 1 aromatic rings. The molecule has 0 atom stereocenters. The van der Waals surface area contributed by atoms with Crippen LogP contribution in [-0.2, 0) is 9.53 Å². The van der Waals surface area contributed by atoms with Crippen molar-refractivity contribution in [2.45, 2.75) is 46.1 Å². The van der Waals surface area contributed by atoms with Gasteiger partial charge in [-0.3, -0.25) is 9.59 Å². The van der Waals surface area contributed by atoms with Crippen molar-refractivity contribution >= 4 is 29.9 Å². The number of nitrogens with zero attached hydrogens (tertiary/aromatic N) is 1. The highest BCUT2D eigenvalue weighted by Crippen LogP contribution is 2.23. The molecule has 2 rings (SSSR count). The van der Waals surface area contributed by atoms with Crippen molar-refractivity contribution in [1.29, 1.82) is 0 Å². The van der Waals surface area contributed by atoms with Crippen LogP contribution in [0.3, 0.4) is 0 Å². The summed E-state index contributed by atoms with van der Waals surface area (Å²) in [6.45, 7) is 8.18. The van der Waals surface area contributed by atoms with E-state index in [4.69, 9.17) is 10.5 Å². The summed E-state index contributed by atoms with van der Waals surface area (Å²) < 4.78 is 5.80. The van der Waals surface area contributed by atoms with Crippen LogP contribution in [0.5, 0.6) is 0 Å². The Morgan fingerprint density at radius 3 is 2.44 bits per heavy atom. The number of halogens is 1. The predicted octanol–water partition coefficient (Wildman–Crippen LogP) is 3.06. The minimum absolute atomic E-state index is 0. The summed E-state index contributed by atoms with van der Waals surface area (Å²) in [4.78, 5) is 27.1. The van der Waals surface area contributed by atoms with E-state index >= 15 is 0 Å². The molecule has 0 spiro atoms. The Morgan fingerprint density at radius 1 is 1.22 bits per heavy atom. The zero-order valence-electron chi connectivity index (χ0n) is 16.5. The first kappa shape index (κ1) is 23.4. The summed E-state index contributed by atoms with van der Waals surface area (Å²) in [5.74, 6) is -0.153. The standard InChI is InChI=1S/C20H31N3O3.ClH/c1-20(2,3)19(25)22-17-8-5-4-7-16(17)18(24)23-12-9-15(10-13-23)26-14-6-11-21;/h4-5,7-8,15H,6,9-14,21H2,1-3H3,(H,22,25);1H. The minimum Gasteiger partial charge on any atom is -0.378 e. The number of nitrogens with one attached hydrogen (secondary N) is 1. The Bertz CT molecular complexity index is 623. The van der Waals surface area contributed by atoms with Gasteiger partial charge in [0.2, 0.25) is 5.91 Å². The summed E-state index contributed by atoms with van der Waals surface area (Å²) in [5, 5.41) is 2.89. The highest BCUT2D eigenvalue weighted by molar-refractivity contribution is 6.04. The largest absolute Gasteiger partial charge is 0.378 e. The van der Waals surface area contributed by atoms with Crippen molar-refractivity contribution in [1.82, 2.24) is 4.90 Å². The van der Waals surface area contributed by atoms with Gasteiger partial charge in [0.05, 0.1) is 17.4 Å². The number of carbonyl (C=O) groups excluding carboxylic acids is 2. The first-order valence-corrected chi connectivity index (χ1v) is 9.34. The number of anilines is 1. The lowest BCUT2D eigenvalue weighted by molar-refractivity contribution is -0.123. The quantitative estimate of drug-likeness (QED) is 0.722. The second-order valence-corrected chi connectivity index (χ2v) is 7.75. The molecule has 0 aromatic heterocycles. The Labute approximate surface area is 168 Å². The van der Waals surface area contributed by atoms with E-state index in [0.717, 1.165) is 19.3 Å². The summed E-state index contributed by atoms with van der Waals surface area (Å²) in [6, 6.07) is 7.19. The molecule has 0 saturated carbocycles. The molecule has 1 aliphatic rings. The maximum atomic E-state index is 12.9. The highest BCUT2D eigenvalue weighted by atomic mass is 35.5. The van der Waals surface area contributed by atoms with Crippen LogP contribution in [0, 0.1) is 5.41 Å². The first-order chi connectivity index (χ1) is 12.3. The molecule has 1 aromatic carbocycles. The van der Waals surface area contributed by atoms with Gasteiger partial charge in [0, 0.05) is 25.1 Å². The molecule has 27 heavy (non-hydrogen) atoms. The fourth-order valence-corrected chi connectivity index (χ4v) is 2.82. The topological polar surface area (TPSA) is 84.7 Å². The van der Waals surface area contributed by atoms with Gasteiger partial charge in [-0.15, -0.1) is 12.4 Å². The van der Waals surface area contributed by atoms with Gasteiger partial charge in [0.25, 0.3) is 5.91 Å². The van der Waals surface area contributed by atoms with Gasteiger partial charge < -0.3 is 20.7 Å². The van der Waals surface area contributed by atoms with Crippen LogP contribution < -0.4 is 11.1 Å². The maximum absolute atomic E-state index is 12.9. The number of para-hydroxylation sites is 1. The van der Waals surface area contributed by atoms with Gasteiger partial charge in [-0.05, 0) is 37.9 Å². The van der Waals surface area contributed by atoms with Crippen molar-refractivity contribution in [3.05, 3.63) is 29.8 Å². The Balaban J connectivity index is 0.00000364. The molecule has 7 heteroatoms. The Hall–Kier alpha value is -1.63. The van der Waals surface area contributed by atoms with Crippen LogP contribution in [0.25, 0.3) is 0 Å². The third-order valence-electron chi connectivity index (χ3n) is 4.52. The van der Waals surface area contributed by atoms with Crippen LogP contribution in [0.2, 0.25) is 0 Å². The molecule has 0 unspecified atom stereocenters. The average molecular weight is 398 g/mol. The molecule has 1 fully saturated rings. The van der Waals surface area contributed by atoms with Gasteiger partial charge >= 0.3 is 0 Å². The zero-order chi connectivity index (χ0) is 19.2. The summed E-state index contributed by atoms with van der Waals surface area (Å²) in [5.41, 5.74) is 6.07. The number of piperidine rings is 1. The van der Waals surface area contributed by atoms with Crippen molar-refractivity contribution in [2.24, 2.45) is 11.1 Å². The number of ether oxygens (including phenoxy) is 1. The van der Waals surface area contributed by atoms with Gasteiger partial charge in [-0.25, -0.2) is 0 Å². The highest BCUT2D eigenvalue weighted by Gasteiger charge is 2.27. The normalized spacial score (nSPS) is 15.2. The third-order valence-corrected chi connectivity index (χ3v) is 4.52. The summed E-state index contributed by atoms with van der Waals surface area (Å²) in [7, 11) is 0. The van der Waals surface area contributed by atoms with E-state index in [1.54, 1.807) is 12.1 Å². The van der Waals surface area contributed by atoms with Crippen LogP contribution >= 0.6 is 12.4 Å². The molecule has 1 heterocycles. The lowest BCUT2D eigenvalue weighted by atomic mass is 9.95. The van der Waals surface area contributed by atoms with E-state index in [9.17, 15) is 9.59 Å². The number of benzene rings is 1. The first-order valence-electron chi connectivity index (χ1n) is 9.34. The number of hydrogen-bond donors (Lipinski definition) is 2. The molecule has 0 bridgehead atoms. The van der Waals surface area contributed by atoms with Crippen molar-refractivity contribution in [3.63, 3.8) is 0 Å². The number of likely N-dealkylation sites (tertiary alicyclic amines) is 1. The maximum Gasteiger partial charge on any atom is 0.255 e. The van der Waals surface area contributed by atoms with Crippen LogP contribution in [0.15, 0.2) is 24.3 Å². The zero-order valence-corrected chi connectivity index (χ0v) is 17.3. The molecule has 1 aliphatic heterocycles. The molecule has 152 valence electrons. The van der Waals surface area contributed by atoms with E-state index in [1.807, 2.05) is 37.8 Å². The fourth-order valence-electron chi connectivity index (χ4n) is 2.82. The predicted molar refractivity (Wildman–Crippen MR) is 110 cm³/mol. The monoisotopic (exact) mass is 397 g/mol. The van der Waals surface area contributed by atoms with E-state index in [2.05, 4.69) is 5.32 Å². The van der Waals surface area contributed by atoms with Crippen LogP contribution in [-0.4, -0.2) is 49.1 Å². The SMILES string of the molecule is CC(C)(C)C(=O)Nc1ccccc1C(=O)N1CCC(OCCCN)CC1.Cl. The lowest BCUT2D eigenvalue weighted by Gasteiger charge is -2.32. The number of amides is 2. The number of hydrogen-bond acceptors (Lipinski definition) is 4. The number of rotatable bonds is 6. The fraction of sp³-hybridized carbons (Fsp3) is 0.600. The molecule has 0 radical (unpaired) electrons. The van der Waals surface area contributed by atoms with Crippen molar-refractivity contribution in [3.8, 4) is 0 Å². The van der Waals surface area contributed by atoms with Crippen LogP contribution in [0.4, 0.5) is 5.69 Å². The number of nitrogens with two attached hydrogens (primary N) is 1. The average Bonchev–Trinajstić information content (AvgIpc) is 2.61. The molecule has 6 nitrogen and oxygen atoms in total. The minimum atomic E-state index is -0.518. The third kappa shape index (κ3) is 6.79. The van der Waals surface area contributed by atoms with E-state index in [-0.39, 0.29) is 30.3 Å². The van der Waals surface area contributed by atoms with Gasteiger partial charge in [0.15, 0.2) is 0 Å². The molecule has 1 saturated heterocycles. The Morgan fingerprint density at radius 2 is 1.85 bits per heavy atom.